The van der Waals surface area contributed by atoms with Crippen molar-refractivity contribution in [1.29, 1.82) is 0 Å². The number of carbonyl (C=O) groups is 3. The van der Waals surface area contributed by atoms with E-state index in [1.807, 2.05) is 20.8 Å². The van der Waals surface area contributed by atoms with E-state index >= 15 is 0 Å². The van der Waals surface area contributed by atoms with Crippen LogP contribution >= 0.6 is 0 Å². The molecule has 144 valence electrons. The normalized spacial score (nSPS) is 12.8. The number of rotatable bonds is 9. The van der Waals surface area contributed by atoms with Gasteiger partial charge < -0.3 is 20.7 Å². The topological polar surface area (TPSA) is 96.5 Å². The standard InChI is InChI=1S/C19H29N3O4/c1-6-11-20-17(23)13(4)21-19(25)16(12(2)3)22-18(24)14-9-7-8-10-15(14)26-5/h7-10,12-13,16H,6,11H2,1-5H3,(H,20,23)(H,21,25)(H,22,24)/t13-,16+/m1/s1. The van der Waals surface area contributed by atoms with Crippen LogP contribution in [-0.2, 0) is 9.59 Å². The molecule has 0 aliphatic heterocycles. The molecular weight excluding hydrogens is 334 g/mol. The van der Waals surface area contributed by atoms with E-state index in [-0.39, 0.29) is 11.8 Å². The van der Waals surface area contributed by atoms with E-state index in [4.69, 9.17) is 4.74 Å². The van der Waals surface area contributed by atoms with E-state index in [0.29, 0.717) is 17.9 Å². The van der Waals surface area contributed by atoms with E-state index in [2.05, 4.69) is 16.0 Å². The van der Waals surface area contributed by atoms with Gasteiger partial charge in [-0.2, -0.15) is 0 Å². The van der Waals surface area contributed by atoms with Crippen molar-refractivity contribution in [2.24, 2.45) is 5.92 Å². The summed E-state index contributed by atoms with van der Waals surface area (Å²) in [7, 11) is 1.48. The number of methoxy groups -OCH3 is 1. The Bertz CT molecular complexity index is 631. The second-order valence-electron chi connectivity index (χ2n) is 6.42. The zero-order valence-corrected chi connectivity index (χ0v) is 16.1. The summed E-state index contributed by atoms with van der Waals surface area (Å²) in [5, 5.41) is 8.12. The Labute approximate surface area is 154 Å². The average molecular weight is 363 g/mol. The largest absolute Gasteiger partial charge is 0.496 e. The molecular formula is C19H29N3O4. The van der Waals surface area contributed by atoms with Gasteiger partial charge in [-0.25, -0.2) is 0 Å². The van der Waals surface area contributed by atoms with E-state index in [1.54, 1.807) is 31.2 Å². The molecule has 1 aromatic carbocycles. The number of hydrogen-bond acceptors (Lipinski definition) is 4. The lowest BCUT2D eigenvalue weighted by Gasteiger charge is -2.24. The molecule has 26 heavy (non-hydrogen) atoms. The molecule has 0 aliphatic rings. The highest BCUT2D eigenvalue weighted by Crippen LogP contribution is 2.17. The maximum Gasteiger partial charge on any atom is 0.255 e. The van der Waals surface area contributed by atoms with Gasteiger partial charge in [-0.1, -0.05) is 32.9 Å². The minimum absolute atomic E-state index is 0.153. The van der Waals surface area contributed by atoms with Crippen LogP contribution in [0.3, 0.4) is 0 Å². The third kappa shape index (κ3) is 6.06. The molecule has 0 spiro atoms. The van der Waals surface area contributed by atoms with Gasteiger partial charge in [-0.05, 0) is 31.4 Å². The van der Waals surface area contributed by atoms with Crippen molar-refractivity contribution in [1.82, 2.24) is 16.0 Å². The van der Waals surface area contributed by atoms with Crippen LogP contribution in [0, 0.1) is 5.92 Å². The van der Waals surface area contributed by atoms with Crippen molar-refractivity contribution in [3.63, 3.8) is 0 Å². The fraction of sp³-hybridized carbons (Fsp3) is 0.526. The van der Waals surface area contributed by atoms with Crippen LogP contribution in [0.25, 0.3) is 0 Å². The first-order valence-electron chi connectivity index (χ1n) is 8.83. The van der Waals surface area contributed by atoms with Gasteiger partial charge in [0.25, 0.3) is 5.91 Å². The van der Waals surface area contributed by atoms with Crippen LogP contribution < -0.4 is 20.7 Å². The Morgan fingerprint density at radius 1 is 1.04 bits per heavy atom. The highest BCUT2D eigenvalue weighted by Gasteiger charge is 2.27. The number of nitrogens with one attached hydrogen (secondary N) is 3. The summed E-state index contributed by atoms with van der Waals surface area (Å²) < 4.78 is 5.19. The van der Waals surface area contributed by atoms with Crippen molar-refractivity contribution >= 4 is 17.7 Å². The molecule has 3 N–H and O–H groups in total. The molecule has 0 aliphatic carbocycles. The number of hydrogen-bond donors (Lipinski definition) is 3. The van der Waals surface area contributed by atoms with Gasteiger partial charge in [0, 0.05) is 6.54 Å². The molecule has 1 aromatic rings. The number of carbonyl (C=O) groups excluding carboxylic acids is 3. The molecule has 2 atom stereocenters. The molecule has 0 fully saturated rings. The molecule has 0 saturated heterocycles. The van der Waals surface area contributed by atoms with Crippen LogP contribution in [0.2, 0.25) is 0 Å². The number of amides is 3. The summed E-state index contributed by atoms with van der Waals surface area (Å²) in [6.45, 7) is 7.77. The van der Waals surface area contributed by atoms with E-state index in [0.717, 1.165) is 6.42 Å². The van der Waals surface area contributed by atoms with Crippen molar-refractivity contribution < 1.29 is 19.1 Å². The van der Waals surface area contributed by atoms with Crippen LogP contribution in [0.4, 0.5) is 0 Å². The SMILES string of the molecule is CCCNC(=O)[C@@H](C)NC(=O)[C@@H](NC(=O)c1ccccc1OC)C(C)C. The van der Waals surface area contributed by atoms with Gasteiger partial charge in [0.2, 0.25) is 11.8 Å². The number of para-hydroxylation sites is 1. The first kappa shape index (κ1) is 21.5. The molecule has 1 rings (SSSR count). The van der Waals surface area contributed by atoms with E-state index in [9.17, 15) is 14.4 Å². The van der Waals surface area contributed by atoms with Crippen LogP contribution in [0.5, 0.6) is 5.75 Å². The summed E-state index contributed by atoms with van der Waals surface area (Å²) in [5.74, 6) is -0.777. The van der Waals surface area contributed by atoms with Gasteiger partial charge in [-0.3, -0.25) is 14.4 Å². The number of benzene rings is 1. The highest BCUT2D eigenvalue weighted by atomic mass is 16.5. The summed E-state index contributed by atoms with van der Waals surface area (Å²) in [4.78, 5) is 37.0. The van der Waals surface area contributed by atoms with E-state index < -0.39 is 23.9 Å². The van der Waals surface area contributed by atoms with Crippen LogP contribution in [0.1, 0.15) is 44.5 Å². The average Bonchev–Trinajstić information content (AvgIpc) is 2.63. The lowest BCUT2D eigenvalue weighted by atomic mass is 10.0. The first-order chi connectivity index (χ1) is 12.3. The minimum atomic E-state index is -0.770. The summed E-state index contributed by atoms with van der Waals surface area (Å²) in [6.07, 6.45) is 0.815. The van der Waals surface area contributed by atoms with Crippen molar-refractivity contribution in [3.05, 3.63) is 29.8 Å². The lowest BCUT2D eigenvalue weighted by Crippen LogP contribution is -2.54. The maximum atomic E-state index is 12.6. The molecule has 7 nitrogen and oxygen atoms in total. The smallest absolute Gasteiger partial charge is 0.255 e. The fourth-order valence-corrected chi connectivity index (χ4v) is 2.36. The molecule has 0 aromatic heterocycles. The molecule has 0 radical (unpaired) electrons. The molecule has 0 unspecified atom stereocenters. The van der Waals surface area contributed by atoms with E-state index in [1.165, 1.54) is 7.11 Å². The molecule has 3 amide bonds. The Morgan fingerprint density at radius 2 is 1.69 bits per heavy atom. The number of ether oxygens (including phenoxy) is 1. The van der Waals surface area contributed by atoms with Gasteiger partial charge in [0.1, 0.15) is 17.8 Å². The highest BCUT2D eigenvalue weighted by molar-refractivity contribution is 6.00. The Morgan fingerprint density at radius 3 is 2.27 bits per heavy atom. The Kier molecular flexibility index (Phi) is 8.61. The van der Waals surface area contributed by atoms with Crippen LogP contribution in [-0.4, -0.2) is 43.5 Å². The molecule has 7 heteroatoms. The van der Waals surface area contributed by atoms with Gasteiger partial charge in [-0.15, -0.1) is 0 Å². The van der Waals surface area contributed by atoms with Crippen molar-refractivity contribution in [3.8, 4) is 5.75 Å². The monoisotopic (exact) mass is 363 g/mol. The zero-order valence-electron chi connectivity index (χ0n) is 16.1. The third-order valence-corrected chi connectivity index (χ3v) is 3.89. The Balaban J connectivity index is 2.80. The second-order valence-corrected chi connectivity index (χ2v) is 6.42. The fourth-order valence-electron chi connectivity index (χ4n) is 2.36. The van der Waals surface area contributed by atoms with Crippen molar-refractivity contribution in [2.45, 2.75) is 46.2 Å². The molecule has 0 saturated carbocycles. The zero-order chi connectivity index (χ0) is 19.7. The van der Waals surface area contributed by atoms with Crippen LogP contribution in [0.15, 0.2) is 24.3 Å². The summed E-state index contributed by atoms with van der Waals surface area (Å²) in [6, 6.07) is 5.34. The summed E-state index contributed by atoms with van der Waals surface area (Å²) in [5.41, 5.74) is 0.349. The van der Waals surface area contributed by atoms with Gasteiger partial charge in [0.15, 0.2) is 0 Å². The van der Waals surface area contributed by atoms with Gasteiger partial charge >= 0.3 is 0 Å². The third-order valence-electron chi connectivity index (χ3n) is 3.89. The molecule has 0 bridgehead atoms. The Hall–Kier alpha value is -2.57. The summed E-state index contributed by atoms with van der Waals surface area (Å²) >= 11 is 0. The minimum Gasteiger partial charge on any atom is -0.496 e. The van der Waals surface area contributed by atoms with Gasteiger partial charge in [0.05, 0.1) is 12.7 Å². The lowest BCUT2D eigenvalue weighted by molar-refractivity contribution is -0.130. The second kappa shape index (κ2) is 10.4. The molecule has 0 heterocycles. The first-order valence-corrected chi connectivity index (χ1v) is 8.83. The maximum absolute atomic E-state index is 12.6. The predicted molar refractivity (Wildman–Crippen MR) is 100.0 cm³/mol. The quantitative estimate of drug-likeness (QED) is 0.619. The van der Waals surface area contributed by atoms with Crippen molar-refractivity contribution in [2.75, 3.05) is 13.7 Å². The predicted octanol–water partition coefficient (Wildman–Crippen LogP) is 1.48.